The molecule has 1 rings (SSSR count). The molecule has 0 spiro atoms. The van der Waals surface area contributed by atoms with E-state index in [-0.39, 0.29) is 6.04 Å². The Hall–Kier alpha value is -0.900. The summed E-state index contributed by atoms with van der Waals surface area (Å²) in [6.45, 7) is 2.66. The molecule has 0 aliphatic heterocycles. The van der Waals surface area contributed by atoms with Crippen molar-refractivity contribution in [1.29, 1.82) is 0 Å². The highest BCUT2D eigenvalue weighted by Crippen LogP contribution is 2.18. The predicted molar refractivity (Wildman–Crippen MR) is 67.0 cm³/mol. The molecular formula is C13H22N2O. The smallest absolute Gasteiger partial charge is 0.0941 e. The molecule has 2 atom stereocenters. The second-order valence-corrected chi connectivity index (χ2v) is 4.18. The van der Waals surface area contributed by atoms with Crippen LogP contribution in [0.1, 0.15) is 37.0 Å². The topological polar surface area (TPSA) is 72.3 Å². The lowest BCUT2D eigenvalue weighted by Crippen LogP contribution is -2.30. The summed E-state index contributed by atoms with van der Waals surface area (Å²) >= 11 is 0. The average molecular weight is 222 g/mol. The zero-order valence-electron chi connectivity index (χ0n) is 9.89. The van der Waals surface area contributed by atoms with Crippen LogP contribution in [0.2, 0.25) is 0 Å². The summed E-state index contributed by atoms with van der Waals surface area (Å²) in [4.78, 5) is 0. The third kappa shape index (κ3) is 3.59. The van der Waals surface area contributed by atoms with Gasteiger partial charge in [0.2, 0.25) is 0 Å². The maximum atomic E-state index is 9.96. The van der Waals surface area contributed by atoms with Crippen LogP contribution in [0.25, 0.3) is 0 Å². The van der Waals surface area contributed by atoms with Gasteiger partial charge in [0.15, 0.2) is 0 Å². The monoisotopic (exact) mass is 222 g/mol. The Labute approximate surface area is 97.5 Å². The Morgan fingerprint density at radius 3 is 2.38 bits per heavy atom. The van der Waals surface area contributed by atoms with Crippen molar-refractivity contribution in [2.75, 3.05) is 6.54 Å². The van der Waals surface area contributed by atoms with Gasteiger partial charge in [-0.2, -0.15) is 0 Å². The molecule has 0 radical (unpaired) electrons. The Balaban J connectivity index is 2.65. The van der Waals surface area contributed by atoms with Crippen LogP contribution < -0.4 is 11.5 Å². The van der Waals surface area contributed by atoms with Gasteiger partial charge in [0.1, 0.15) is 0 Å². The Kier molecular flexibility index (Phi) is 5.46. The van der Waals surface area contributed by atoms with Crippen LogP contribution in [0.3, 0.4) is 0 Å². The summed E-state index contributed by atoms with van der Waals surface area (Å²) in [5, 5.41) is 9.96. The molecule has 3 nitrogen and oxygen atoms in total. The normalized spacial score (nSPS) is 14.8. The summed E-state index contributed by atoms with van der Waals surface area (Å²) in [7, 11) is 0. The average Bonchev–Trinajstić information content (AvgIpc) is 2.30. The quantitative estimate of drug-likeness (QED) is 0.680. The number of nitrogens with two attached hydrogens (primary N) is 2. The third-order valence-electron chi connectivity index (χ3n) is 2.77. The summed E-state index contributed by atoms with van der Waals surface area (Å²) in [5.41, 5.74) is 13.4. The molecule has 0 fully saturated rings. The van der Waals surface area contributed by atoms with Gasteiger partial charge in [0.25, 0.3) is 0 Å². The lowest BCUT2D eigenvalue weighted by Gasteiger charge is -2.18. The van der Waals surface area contributed by atoms with E-state index in [2.05, 4.69) is 19.1 Å². The van der Waals surface area contributed by atoms with Gasteiger partial charge in [0.05, 0.1) is 6.10 Å². The van der Waals surface area contributed by atoms with Crippen LogP contribution in [0.15, 0.2) is 24.3 Å². The zero-order chi connectivity index (χ0) is 12.0. The maximum Gasteiger partial charge on any atom is 0.0941 e. The van der Waals surface area contributed by atoms with Crippen molar-refractivity contribution in [2.24, 2.45) is 11.5 Å². The van der Waals surface area contributed by atoms with Gasteiger partial charge >= 0.3 is 0 Å². The number of benzene rings is 1. The SMILES string of the molecule is CCCc1ccc(C(O)C(N)CCN)cc1. The van der Waals surface area contributed by atoms with Crippen LogP contribution in [0.4, 0.5) is 0 Å². The first-order valence-electron chi connectivity index (χ1n) is 5.91. The van der Waals surface area contributed by atoms with Gasteiger partial charge in [-0.05, 0) is 30.5 Å². The van der Waals surface area contributed by atoms with Crippen molar-refractivity contribution in [3.8, 4) is 0 Å². The molecule has 2 unspecified atom stereocenters. The highest BCUT2D eigenvalue weighted by atomic mass is 16.3. The molecule has 0 saturated carbocycles. The van der Waals surface area contributed by atoms with Gasteiger partial charge in [-0.15, -0.1) is 0 Å². The van der Waals surface area contributed by atoms with Crippen LogP contribution in [-0.2, 0) is 6.42 Å². The van der Waals surface area contributed by atoms with Crippen molar-refractivity contribution >= 4 is 0 Å². The van der Waals surface area contributed by atoms with E-state index in [0.29, 0.717) is 13.0 Å². The molecule has 90 valence electrons. The number of hydrogen-bond acceptors (Lipinski definition) is 3. The molecule has 1 aromatic carbocycles. The van der Waals surface area contributed by atoms with Gasteiger partial charge in [-0.1, -0.05) is 37.6 Å². The van der Waals surface area contributed by atoms with Gasteiger partial charge in [-0.3, -0.25) is 0 Å². The van der Waals surface area contributed by atoms with E-state index in [9.17, 15) is 5.11 Å². The van der Waals surface area contributed by atoms with Crippen LogP contribution in [0, 0.1) is 0 Å². The highest BCUT2D eigenvalue weighted by Gasteiger charge is 2.15. The lowest BCUT2D eigenvalue weighted by atomic mass is 9.98. The van der Waals surface area contributed by atoms with Crippen LogP contribution >= 0.6 is 0 Å². The second kappa shape index (κ2) is 6.63. The Morgan fingerprint density at radius 2 is 1.88 bits per heavy atom. The van der Waals surface area contributed by atoms with Crippen molar-refractivity contribution in [3.63, 3.8) is 0 Å². The van der Waals surface area contributed by atoms with Crippen molar-refractivity contribution in [2.45, 2.75) is 38.3 Å². The van der Waals surface area contributed by atoms with Gasteiger partial charge < -0.3 is 16.6 Å². The number of rotatable bonds is 6. The lowest BCUT2D eigenvalue weighted by molar-refractivity contribution is 0.143. The molecular weight excluding hydrogens is 200 g/mol. The minimum atomic E-state index is -0.612. The van der Waals surface area contributed by atoms with Gasteiger partial charge in [0, 0.05) is 6.04 Å². The maximum absolute atomic E-state index is 9.96. The van der Waals surface area contributed by atoms with E-state index in [1.54, 1.807) is 0 Å². The van der Waals surface area contributed by atoms with E-state index in [1.807, 2.05) is 12.1 Å². The largest absolute Gasteiger partial charge is 0.387 e. The minimum Gasteiger partial charge on any atom is -0.387 e. The molecule has 0 bridgehead atoms. The van der Waals surface area contributed by atoms with Crippen LogP contribution in [0.5, 0.6) is 0 Å². The summed E-state index contributed by atoms with van der Waals surface area (Å²) in [6, 6.07) is 7.73. The van der Waals surface area contributed by atoms with E-state index in [0.717, 1.165) is 18.4 Å². The van der Waals surface area contributed by atoms with E-state index < -0.39 is 6.10 Å². The molecule has 1 aromatic rings. The number of aryl methyl sites for hydroxylation is 1. The van der Waals surface area contributed by atoms with Crippen molar-refractivity contribution < 1.29 is 5.11 Å². The molecule has 5 N–H and O–H groups in total. The molecule has 0 saturated heterocycles. The van der Waals surface area contributed by atoms with Crippen molar-refractivity contribution in [3.05, 3.63) is 35.4 Å². The molecule has 0 heterocycles. The summed E-state index contributed by atoms with van der Waals surface area (Å²) < 4.78 is 0. The second-order valence-electron chi connectivity index (χ2n) is 4.18. The minimum absolute atomic E-state index is 0.276. The fraction of sp³-hybridized carbons (Fsp3) is 0.538. The summed E-state index contributed by atoms with van der Waals surface area (Å²) in [6.07, 6.45) is 2.23. The number of aliphatic hydroxyl groups excluding tert-OH is 1. The summed E-state index contributed by atoms with van der Waals surface area (Å²) in [5.74, 6) is 0. The molecule has 0 amide bonds. The molecule has 0 aromatic heterocycles. The first kappa shape index (κ1) is 13.2. The first-order chi connectivity index (χ1) is 7.69. The third-order valence-corrected chi connectivity index (χ3v) is 2.77. The van der Waals surface area contributed by atoms with Gasteiger partial charge in [-0.25, -0.2) is 0 Å². The molecule has 16 heavy (non-hydrogen) atoms. The highest BCUT2D eigenvalue weighted by molar-refractivity contribution is 5.25. The Morgan fingerprint density at radius 1 is 1.25 bits per heavy atom. The molecule has 0 aliphatic carbocycles. The fourth-order valence-electron chi connectivity index (χ4n) is 1.77. The first-order valence-corrected chi connectivity index (χ1v) is 5.91. The number of aliphatic hydroxyl groups is 1. The van der Waals surface area contributed by atoms with E-state index >= 15 is 0 Å². The van der Waals surface area contributed by atoms with E-state index in [4.69, 9.17) is 11.5 Å². The number of hydrogen-bond donors (Lipinski definition) is 3. The standard InChI is InChI=1S/C13H22N2O/c1-2-3-10-4-6-11(7-5-10)13(16)12(15)8-9-14/h4-7,12-13,16H,2-3,8-9,14-15H2,1H3. The predicted octanol–water partition coefficient (Wildman–Crippen LogP) is 1.35. The molecule has 0 aliphatic rings. The molecule has 3 heteroatoms. The van der Waals surface area contributed by atoms with Crippen molar-refractivity contribution in [1.82, 2.24) is 0 Å². The van der Waals surface area contributed by atoms with Crippen LogP contribution in [-0.4, -0.2) is 17.7 Å². The zero-order valence-corrected chi connectivity index (χ0v) is 9.89. The Bertz CT molecular complexity index is 297. The fourth-order valence-corrected chi connectivity index (χ4v) is 1.77. The van der Waals surface area contributed by atoms with E-state index in [1.165, 1.54) is 5.56 Å².